The molecule has 1 aliphatic heterocycles. The van der Waals surface area contributed by atoms with Crippen molar-refractivity contribution in [2.45, 2.75) is 31.9 Å². The average molecular weight is 408 g/mol. The van der Waals surface area contributed by atoms with Gasteiger partial charge in [0, 0.05) is 36.4 Å². The van der Waals surface area contributed by atoms with Crippen molar-refractivity contribution >= 4 is 11.5 Å². The molecule has 1 fully saturated rings. The number of rotatable bonds is 8. The van der Waals surface area contributed by atoms with E-state index in [1.807, 2.05) is 30.3 Å². The summed E-state index contributed by atoms with van der Waals surface area (Å²) < 4.78 is 16.6. The van der Waals surface area contributed by atoms with Gasteiger partial charge < -0.3 is 24.8 Å². The second-order valence-electron chi connectivity index (χ2n) is 7.67. The SMILES string of the molecule is COc1cc(OC)cc(OCc2cccc(C3=C(C(=O)NC4CC4)CNCC3)c2)c1. The van der Waals surface area contributed by atoms with E-state index in [2.05, 4.69) is 22.8 Å². The molecule has 0 saturated heterocycles. The minimum Gasteiger partial charge on any atom is -0.496 e. The third-order valence-electron chi connectivity index (χ3n) is 5.41. The number of hydrogen-bond donors (Lipinski definition) is 2. The molecular formula is C24H28N2O4. The van der Waals surface area contributed by atoms with Gasteiger partial charge in [-0.3, -0.25) is 4.79 Å². The summed E-state index contributed by atoms with van der Waals surface area (Å²) in [7, 11) is 3.23. The van der Waals surface area contributed by atoms with Crippen LogP contribution in [0.25, 0.3) is 5.57 Å². The summed E-state index contributed by atoms with van der Waals surface area (Å²) in [4.78, 5) is 12.7. The topological polar surface area (TPSA) is 68.8 Å². The number of ether oxygens (including phenoxy) is 3. The minimum absolute atomic E-state index is 0.0600. The van der Waals surface area contributed by atoms with Crippen molar-refractivity contribution in [3.63, 3.8) is 0 Å². The molecule has 0 spiro atoms. The quantitative estimate of drug-likeness (QED) is 0.701. The van der Waals surface area contributed by atoms with Crippen LogP contribution in [0.15, 0.2) is 48.0 Å². The van der Waals surface area contributed by atoms with Crippen LogP contribution in [0.2, 0.25) is 0 Å². The Balaban J connectivity index is 1.52. The maximum atomic E-state index is 12.7. The summed E-state index contributed by atoms with van der Waals surface area (Å²) in [5, 5.41) is 6.45. The molecule has 6 nitrogen and oxygen atoms in total. The van der Waals surface area contributed by atoms with Gasteiger partial charge in [-0.05, 0) is 48.6 Å². The summed E-state index contributed by atoms with van der Waals surface area (Å²) in [6.45, 7) is 1.90. The van der Waals surface area contributed by atoms with Crippen LogP contribution in [0.1, 0.15) is 30.4 Å². The van der Waals surface area contributed by atoms with E-state index in [1.165, 1.54) is 0 Å². The average Bonchev–Trinajstić information content (AvgIpc) is 3.61. The number of nitrogens with one attached hydrogen (secondary N) is 2. The molecule has 2 aliphatic rings. The van der Waals surface area contributed by atoms with Crippen molar-refractivity contribution in [3.05, 3.63) is 59.2 Å². The third kappa shape index (κ3) is 4.94. The summed E-state index contributed by atoms with van der Waals surface area (Å²) in [5.41, 5.74) is 4.10. The fourth-order valence-corrected chi connectivity index (χ4v) is 3.60. The third-order valence-corrected chi connectivity index (χ3v) is 5.41. The van der Waals surface area contributed by atoms with Gasteiger partial charge in [-0.15, -0.1) is 0 Å². The molecule has 158 valence electrons. The van der Waals surface area contributed by atoms with Gasteiger partial charge in [0.05, 0.1) is 14.2 Å². The van der Waals surface area contributed by atoms with Crippen LogP contribution in [0.5, 0.6) is 17.2 Å². The smallest absolute Gasteiger partial charge is 0.249 e. The number of methoxy groups -OCH3 is 2. The normalized spacial score (nSPS) is 16.2. The largest absolute Gasteiger partial charge is 0.496 e. The van der Waals surface area contributed by atoms with Crippen molar-refractivity contribution in [3.8, 4) is 17.2 Å². The van der Waals surface area contributed by atoms with Gasteiger partial charge in [0.1, 0.15) is 23.9 Å². The lowest BCUT2D eigenvalue weighted by Crippen LogP contribution is -2.35. The van der Waals surface area contributed by atoms with Crippen molar-refractivity contribution in [2.24, 2.45) is 0 Å². The predicted molar refractivity (Wildman–Crippen MR) is 116 cm³/mol. The molecule has 0 bridgehead atoms. The van der Waals surface area contributed by atoms with Crippen molar-refractivity contribution in [2.75, 3.05) is 27.3 Å². The molecule has 0 aromatic heterocycles. The first-order chi connectivity index (χ1) is 14.7. The summed E-state index contributed by atoms with van der Waals surface area (Å²) in [6.07, 6.45) is 3.01. The maximum absolute atomic E-state index is 12.7. The van der Waals surface area contributed by atoms with E-state index in [1.54, 1.807) is 14.2 Å². The highest BCUT2D eigenvalue weighted by Crippen LogP contribution is 2.29. The Morgan fingerprint density at radius 2 is 1.80 bits per heavy atom. The van der Waals surface area contributed by atoms with Crippen LogP contribution in [-0.2, 0) is 11.4 Å². The lowest BCUT2D eigenvalue weighted by atomic mass is 9.93. The molecule has 2 N–H and O–H groups in total. The van der Waals surface area contributed by atoms with Crippen LogP contribution in [0, 0.1) is 0 Å². The molecule has 1 heterocycles. The van der Waals surface area contributed by atoms with Crippen molar-refractivity contribution < 1.29 is 19.0 Å². The fraction of sp³-hybridized carbons (Fsp3) is 0.375. The molecule has 30 heavy (non-hydrogen) atoms. The van der Waals surface area contributed by atoms with Gasteiger partial charge in [0.25, 0.3) is 0 Å². The number of carbonyl (C=O) groups is 1. The number of amides is 1. The Bertz CT molecular complexity index is 928. The molecule has 2 aromatic rings. The van der Waals surface area contributed by atoms with E-state index in [0.717, 1.165) is 48.1 Å². The van der Waals surface area contributed by atoms with Crippen LogP contribution >= 0.6 is 0 Å². The van der Waals surface area contributed by atoms with Gasteiger partial charge in [-0.25, -0.2) is 0 Å². The predicted octanol–water partition coefficient (Wildman–Crippen LogP) is 3.31. The first-order valence-corrected chi connectivity index (χ1v) is 10.3. The summed E-state index contributed by atoms with van der Waals surface area (Å²) in [5.74, 6) is 2.11. The zero-order valence-electron chi connectivity index (χ0n) is 17.5. The van der Waals surface area contributed by atoms with E-state index in [4.69, 9.17) is 14.2 Å². The van der Waals surface area contributed by atoms with E-state index in [-0.39, 0.29) is 5.91 Å². The van der Waals surface area contributed by atoms with Crippen molar-refractivity contribution in [1.82, 2.24) is 10.6 Å². The van der Waals surface area contributed by atoms with Gasteiger partial charge in [-0.1, -0.05) is 18.2 Å². The standard InChI is InChI=1S/C24H28N2O4/c1-28-19-11-20(29-2)13-21(12-19)30-15-16-4-3-5-17(10-16)22-8-9-25-14-23(22)24(27)26-18-6-7-18/h3-5,10-13,18,25H,6-9,14-15H2,1-2H3,(H,26,27). The summed E-state index contributed by atoms with van der Waals surface area (Å²) >= 11 is 0. The summed E-state index contributed by atoms with van der Waals surface area (Å²) in [6, 6.07) is 14.1. The van der Waals surface area contributed by atoms with Gasteiger partial charge >= 0.3 is 0 Å². The first-order valence-electron chi connectivity index (χ1n) is 10.3. The fourth-order valence-electron chi connectivity index (χ4n) is 3.60. The lowest BCUT2D eigenvalue weighted by Gasteiger charge is -2.22. The molecule has 1 aliphatic carbocycles. The Kier molecular flexibility index (Phi) is 6.23. The van der Waals surface area contributed by atoms with Crippen molar-refractivity contribution in [1.29, 1.82) is 0 Å². The molecule has 6 heteroatoms. The second-order valence-corrected chi connectivity index (χ2v) is 7.67. The Hall–Kier alpha value is -2.99. The first kappa shape index (κ1) is 20.3. The minimum atomic E-state index is 0.0600. The van der Waals surface area contributed by atoms with E-state index >= 15 is 0 Å². The number of benzene rings is 2. The van der Waals surface area contributed by atoms with E-state index in [9.17, 15) is 4.79 Å². The molecule has 2 aromatic carbocycles. The molecular weight excluding hydrogens is 380 g/mol. The maximum Gasteiger partial charge on any atom is 0.249 e. The Labute approximate surface area is 177 Å². The molecule has 1 amide bonds. The second kappa shape index (κ2) is 9.22. The lowest BCUT2D eigenvalue weighted by molar-refractivity contribution is -0.117. The zero-order chi connectivity index (χ0) is 20.9. The van der Waals surface area contributed by atoms with Crippen LogP contribution in [-0.4, -0.2) is 39.3 Å². The highest BCUT2D eigenvalue weighted by molar-refractivity contribution is 6.02. The number of carbonyl (C=O) groups excluding carboxylic acids is 1. The van der Waals surface area contributed by atoms with Crippen LogP contribution in [0.3, 0.4) is 0 Å². The van der Waals surface area contributed by atoms with E-state index in [0.29, 0.717) is 36.4 Å². The molecule has 0 radical (unpaired) electrons. The highest BCUT2D eigenvalue weighted by atomic mass is 16.5. The Morgan fingerprint density at radius 1 is 1.07 bits per heavy atom. The monoisotopic (exact) mass is 408 g/mol. The Morgan fingerprint density at radius 3 is 2.50 bits per heavy atom. The zero-order valence-corrected chi connectivity index (χ0v) is 17.5. The van der Waals surface area contributed by atoms with E-state index < -0.39 is 0 Å². The highest BCUT2D eigenvalue weighted by Gasteiger charge is 2.27. The van der Waals surface area contributed by atoms with Crippen LogP contribution in [0.4, 0.5) is 0 Å². The molecule has 1 saturated carbocycles. The van der Waals surface area contributed by atoms with Gasteiger partial charge in [0.15, 0.2) is 0 Å². The number of hydrogen-bond acceptors (Lipinski definition) is 5. The van der Waals surface area contributed by atoms with Gasteiger partial charge in [-0.2, -0.15) is 0 Å². The molecule has 0 unspecified atom stereocenters. The molecule has 0 atom stereocenters. The van der Waals surface area contributed by atoms with Crippen LogP contribution < -0.4 is 24.8 Å². The molecule has 4 rings (SSSR count). The van der Waals surface area contributed by atoms with Gasteiger partial charge in [0.2, 0.25) is 5.91 Å².